The maximum atomic E-state index is 12.5. The van der Waals surface area contributed by atoms with Crippen molar-refractivity contribution in [3.8, 4) is 0 Å². The first kappa shape index (κ1) is 12.6. The summed E-state index contributed by atoms with van der Waals surface area (Å²) in [6.45, 7) is 1.38. The summed E-state index contributed by atoms with van der Waals surface area (Å²) < 4.78 is 25.0. The Bertz CT molecular complexity index is 382. The number of rotatable bonds is 3. The van der Waals surface area contributed by atoms with Crippen LogP contribution in [-0.4, -0.2) is 5.78 Å². The maximum Gasteiger partial charge on any atom is 0.265 e. The van der Waals surface area contributed by atoms with Gasteiger partial charge < -0.3 is 0 Å². The topological polar surface area (TPSA) is 17.1 Å². The summed E-state index contributed by atoms with van der Waals surface area (Å²) >= 11 is 8.72. The summed E-state index contributed by atoms with van der Waals surface area (Å²) in [4.78, 5) is 10.5. The third kappa shape index (κ3) is 2.98. The molecule has 1 unspecified atom stereocenters. The van der Waals surface area contributed by atoms with Crippen molar-refractivity contribution in [1.29, 1.82) is 0 Å². The number of ketones is 1. The van der Waals surface area contributed by atoms with E-state index in [0.717, 1.165) is 0 Å². The van der Waals surface area contributed by atoms with E-state index < -0.39 is 11.3 Å². The molecule has 5 heteroatoms. The Hall–Kier alpha value is -0.480. The van der Waals surface area contributed by atoms with Crippen molar-refractivity contribution in [2.75, 3.05) is 0 Å². The molecule has 0 bridgehead atoms. The molecule has 0 heterocycles. The molecule has 0 aliphatic carbocycles. The van der Waals surface area contributed by atoms with E-state index in [4.69, 9.17) is 11.6 Å². The van der Waals surface area contributed by atoms with E-state index in [1.807, 2.05) is 0 Å². The predicted molar refractivity (Wildman–Crippen MR) is 58.8 cm³/mol. The van der Waals surface area contributed by atoms with Gasteiger partial charge in [0, 0.05) is 10.6 Å². The molecule has 1 aromatic carbocycles. The van der Waals surface area contributed by atoms with Crippen LogP contribution in [0.4, 0.5) is 8.78 Å². The molecule has 0 fully saturated rings. The van der Waals surface area contributed by atoms with Crippen LogP contribution in [0.2, 0.25) is 5.02 Å². The van der Waals surface area contributed by atoms with Crippen LogP contribution in [0.15, 0.2) is 18.2 Å². The Morgan fingerprint density at radius 3 is 2.53 bits per heavy atom. The van der Waals surface area contributed by atoms with Crippen molar-refractivity contribution >= 4 is 33.3 Å². The Morgan fingerprint density at radius 1 is 1.47 bits per heavy atom. The summed E-state index contributed by atoms with van der Waals surface area (Å²) in [7, 11) is 0. The molecule has 15 heavy (non-hydrogen) atoms. The lowest BCUT2D eigenvalue weighted by Crippen LogP contribution is -2.02. The van der Waals surface area contributed by atoms with E-state index >= 15 is 0 Å². The molecule has 0 aliphatic rings. The van der Waals surface area contributed by atoms with Crippen molar-refractivity contribution in [1.82, 2.24) is 0 Å². The highest BCUT2D eigenvalue weighted by Crippen LogP contribution is 2.32. The monoisotopic (exact) mass is 296 g/mol. The van der Waals surface area contributed by atoms with E-state index in [9.17, 15) is 13.6 Å². The Labute approximate surface area is 99.6 Å². The van der Waals surface area contributed by atoms with E-state index in [1.54, 1.807) is 6.07 Å². The quantitative estimate of drug-likeness (QED) is 0.760. The highest BCUT2D eigenvalue weighted by molar-refractivity contribution is 9.09. The van der Waals surface area contributed by atoms with Crippen LogP contribution in [0.1, 0.15) is 29.3 Å². The van der Waals surface area contributed by atoms with Crippen LogP contribution in [0.5, 0.6) is 0 Å². The summed E-state index contributed by atoms with van der Waals surface area (Å²) in [5, 5.41) is 0.0111. The molecule has 1 rings (SSSR count). The molecular weight excluding hydrogens is 289 g/mol. The molecule has 82 valence electrons. The summed E-state index contributed by atoms with van der Waals surface area (Å²) in [5.74, 6) is -0.141. The lowest BCUT2D eigenvalue weighted by atomic mass is 10.1. The molecule has 0 aromatic heterocycles. The second kappa shape index (κ2) is 5.03. The van der Waals surface area contributed by atoms with E-state index in [1.165, 1.54) is 19.1 Å². The first-order valence-electron chi connectivity index (χ1n) is 4.15. The second-order valence-corrected chi connectivity index (χ2v) is 4.38. The van der Waals surface area contributed by atoms with Gasteiger partial charge in [-0.3, -0.25) is 4.79 Å². The Balaban J connectivity index is 3.13. The summed E-state index contributed by atoms with van der Waals surface area (Å²) in [6, 6.07) is 4.17. The van der Waals surface area contributed by atoms with Crippen LogP contribution < -0.4 is 0 Å². The molecule has 0 N–H and O–H groups in total. The van der Waals surface area contributed by atoms with Gasteiger partial charge in [0.05, 0.1) is 4.83 Å². The van der Waals surface area contributed by atoms with Gasteiger partial charge >= 0.3 is 0 Å². The second-order valence-electron chi connectivity index (χ2n) is 3.05. The maximum absolute atomic E-state index is 12.5. The fourth-order valence-electron chi connectivity index (χ4n) is 1.12. The van der Waals surface area contributed by atoms with Gasteiger partial charge in [0.15, 0.2) is 0 Å². The number of halogens is 4. The SMILES string of the molecule is CC(=O)C(Br)c1ccc(Cl)c(C(F)F)c1. The van der Waals surface area contributed by atoms with Crippen LogP contribution in [-0.2, 0) is 4.79 Å². The van der Waals surface area contributed by atoms with Gasteiger partial charge in [0.1, 0.15) is 5.78 Å². The van der Waals surface area contributed by atoms with Crippen LogP contribution in [0.25, 0.3) is 0 Å². The van der Waals surface area contributed by atoms with Crippen LogP contribution in [0, 0.1) is 0 Å². The number of carbonyl (C=O) groups is 1. The zero-order valence-electron chi connectivity index (χ0n) is 7.81. The Morgan fingerprint density at radius 2 is 2.07 bits per heavy atom. The number of Topliss-reactive ketones (excluding diaryl/α,β-unsaturated/α-hetero) is 1. The molecule has 1 aromatic rings. The lowest BCUT2D eigenvalue weighted by molar-refractivity contribution is -0.116. The molecule has 1 atom stereocenters. The highest BCUT2D eigenvalue weighted by Gasteiger charge is 2.17. The Kier molecular flexibility index (Phi) is 4.22. The number of benzene rings is 1. The first-order valence-corrected chi connectivity index (χ1v) is 5.45. The minimum Gasteiger partial charge on any atom is -0.298 e. The van der Waals surface area contributed by atoms with Gasteiger partial charge in [-0.25, -0.2) is 8.78 Å². The van der Waals surface area contributed by atoms with Crippen molar-refractivity contribution in [2.45, 2.75) is 18.2 Å². The first-order chi connectivity index (χ1) is 6.93. The van der Waals surface area contributed by atoms with Gasteiger partial charge in [-0.2, -0.15) is 0 Å². The third-order valence-electron chi connectivity index (χ3n) is 1.90. The van der Waals surface area contributed by atoms with Crippen molar-refractivity contribution < 1.29 is 13.6 Å². The number of alkyl halides is 3. The minimum atomic E-state index is -2.64. The summed E-state index contributed by atoms with van der Waals surface area (Å²) in [5.41, 5.74) is 0.238. The van der Waals surface area contributed by atoms with Crippen LogP contribution >= 0.6 is 27.5 Å². The average molecular weight is 298 g/mol. The van der Waals surface area contributed by atoms with Crippen molar-refractivity contribution in [3.05, 3.63) is 34.3 Å². The van der Waals surface area contributed by atoms with E-state index in [0.29, 0.717) is 5.56 Å². The van der Waals surface area contributed by atoms with Gasteiger partial charge in [-0.15, -0.1) is 0 Å². The van der Waals surface area contributed by atoms with Gasteiger partial charge in [0.25, 0.3) is 6.43 Å². The molecule has 0 amide bonds. The van der Waals surface area contributed by atoms with E-state index in [2.05, 4.69) is 15.9 Å². The molecule has 0 saturated heterocycles. The number of hydrogen-bond acceptors (Lipinski definition) is 1. The molecule has 1 nitrogen and oxygen atoms in total. The molecule has 0 radical (unpaired) electrons. The van der Waals surface area contributed by atoms with Gasteiger partial charge in [-0.1, -0.05) is 33.6 Å². The zero-order valence-corrected chi connectivity index (χ0v) is 10.1. The van der Waals surface area contributed by atoms with Crippen molar-refractivity contribution in [3.63, 3.8) is 0 Å². The van der Waals surface area contributed by atoms with E-state index in [-0.39, 0.29) is 16.4 Å². The zero-order chi connectivity index (χ0) is 11.6. The fourth-order valence-corrected chi connectivity index (χ4v) is 1.61. The summed E-state index contributed by atoms with van der Waals surface area (Å²) in [6.07, 6.45) is -2.64. The number of carbonyl (C=O) groups excluding carboxylic acids is 1. The average Bonchev–Trinajstić information content (AvgIpc) is 2.16. The minimum absolute atomic E-state index is 0.0111. The third-order valence-corrected chi connectivity index (χ3v) is 3.42. The molecule has 0 spiro atoms. The fraction of sp³-hybridized carbons (Fsp3) is 0.300. The standard InChI is InChI=1S/C10H8BrClF2O/c1-5(15)9(11)6-2-3-8(12)7(4-6)10(13)14/h2-4,9-10H,1H3. The lowest BCUT2D eigenvalue weighted by Gasteiger charge is -2.09. The largest absolute Gasteiger partial charge is 0.298 e. The van der Waals surface area contributed by atoms with Crippen molar-refractivity contribution in [2.24, 2.45) is 0 Å². The smallest absolute Gasteiger partial charge is 0.265 e. The highest BCUT2D eigenvalue weighted by atomic mass is 79.9. The van der Waals surface area contributed by atoms with Crippen LogP contribution in [0.3, 0.4) is 0 Å². The molecular formula is C10H8BrClF2O. The van der Waals surface area contributed by atoms with Gasteiger partial charge in [-0.05, 0) is 24.6 Å². The molecule has 0 aliphatic heterocycles. The number of hydrogen-bond donors (Lipinski definition) is 0. The molecule has 0 saturated carbocycles. The predicted octanol–water partition coefficient (Wildman–Crippen LogP) is 4.30. The van der Waals surface area contributed by atoms with Gasteiger partial charge in [0.2, 0.25) is 0 Å². The normalized spacial score (nSPS) is 12.9.